The van der Waals surface area contributed by atoms with Crippen LogP contribution in [0.2, 0.25) is 0 Å². The van der Waals surface area contributed by atoms with Crippen LogP contribution in [-0.4, -0.2) is 97.6 Å². The lowest BCUT2D eigenvalue weighted by atomic mass is 9.98. The van der Waals surface area contributed by atoms with Crippen molar-refractivity contribution in [3.8, 4) is 0 Å². The first kappa shape index (κ1) is 23.5. The molecule has 0 radical (unpaired) electrons. The highest BCUT2D eigenvalue weighted by molar-refractivity contribution is 6.03. The Morgan fingerprint density at radius 3 is 2.58 bits per heavy atom. The first-order chi connectivity index (χ1) is 14.6. The maximum atomic E-state index is 12.6. The maximum Gasteiger partial charge on any atom is 0.405 e. The fourth-order valence-corrected chi connectivity index (χ4v) is 2.95. The third-order valence-corrected chi connectivity index (χ3v) is 4.86. The van der Waals surface area contributed by atoms with Gasteiger partial charge in [0.05, 0.1) is 19.6 Å². The van der Waals surface area contributed by atoms with E-state index < -0.39 is 48.5 Å². The highest BCUT2D eigenvalue weighted by Crippen LogP contribution is 2.15. The summed E-state index contributed by atoms with van der Waals surface area (Å²) in [7, 11) is 1.43. The van der Waals surface area contributed by atoms with Gasteiger partial charge in [-0.3, -0.25) is 14.4 Å². The van der Waals surface area contributed by atoms with Crippen molar-refractivity contribution in [3.05, 3.63) is 5.82 Å². The number of carbonyl (C=O) groups excluding carboxylic acids is 4. The normalized spacial score (nSPS) is 17.8. The minimum absolute atomic E-state index is 0.0351. The van der Waals surface area contributed by atoms with E-state index in [1.54, 1.807) is 13.8 Å². The molecule has 5 N–H and O–H groups in total. The van der Waals surface area contributed by atoms with Crippen LogP contribution in [0.3, 0.4) is 0 Å². The molecule has 1 aromatic heterocycles. The molecule has 1 aliphatic rings. The Morgan fingerprint density at radius 2 is 2.00 bits per heavy atom. The number of rotatable bonds is 9. The third-order valence-electron chi connectivity index (χ3n) is 4.86. The summed E-state index contributed by atoms with van der Waals surface area (Å²) in [5.74, 6) is -2.22. The molecule has 2 heterocycles. The Balaban J connectivity index is 2.01. The minimum Gasteiger partial charge on any atom is -0.465 e. The van der Waals surface area contributed by atoms with Crippen LogP contribution in [0, 0.1) is 5.92 Å². The molecule has 2 unspecified atom stereocenters. The van der Waals surface area contributed by atoms with Gasteiger partial charge in [0.15, 0.2) is 5.82 Å². The second-order valence-corrected chi connectivity index (χ2v) is 7.02. The second kappa shape index (κ2) is 10.3. The summed E-state index contributed by atoms with van der Waals surface area (Å²) >= 11 is 0. The molecule has 2 rings (SSSR count). The van der Waals surface area contributed by atoms with Gasteiger partial charge in [0, 0.05) is 7.05 Å². The number of nitrogens with zero attached hydrogens (tertiary/aromatic N) is 5. The van der Waals surface area contributed by atoms with E-state index in [9.17, 15) is 24.0 Å². The van der Waals surface area contributed by atoms with Crippen molar-refractivity contribution in [1.29, 1.82) is 0 Å². The number of imide groups is 1. The Bertz CT molecular complexity index is 830. The number of tetrazole rings is 1. The number of aromatic nitrogens is 4. The lowest BCUT2D eigenvalue weighted by Gasteiger charge is -2.24. The lowest BCUT2D eigenvalue weighted by molar-refractivity contribution is -0.136. The first-order valence-corrected chi connectivity index (χ1v) is 9.50. The Labute approximate surface area is 176 Å². The highest BCUT2D eigenvalue weighted by atomic mass is 16.4. The molecule has 0 spiro atoms. The van der Waals surface area contributed by atoms with Gasteiger partial charge in [-0.15, -0.1) is 10.2 Å². The maximum absolute atomic E-state index is 12.6. The van der Waals surface area contributed by atoms with E-state index in [4.69, 9.17) is 5.11 Å². The smallest absolute Gasteiger partial charge is 0.405 e. The SMILES string of the molecule is CCC(C)C(NC(=O)O)C(=O)NCC(=O)N1C(=O)N(C)C[C@H]1C(=O)NCc1nn[nH]n1. The van der Waals surface area contributed by atoms with Gasteiger partial charge in [-0.05, 0) is 5.92 Å². The number of H-pyrrole nitrogens is 1. The van der Waals surface area contributed by atoms with Crippen LogP contribution < -0.4 is 16.0 Å². The van der Waals surface area contributed by atoms with Crippen molar-refractivity contribution in [2.75, 3.05) is 20.1 Å². The van der Waals surface area contributed by atoms with Crippen molar-refractivity contribution in [3.63, 3.8) is 0 Å². The van der Waals surface area contributed by atoms with Crippen LogP contribution in [0.4, 0.5) is 9.59 Å². The molecule has 1 aliphatic heterocycles. The summed E-state index contributed by atoms with van der Waals surface area (Å²) in [6.45, 7) is 2.80. The predicted molar refractivity (Wildman–Crippen MR) is 102 cm³/mol. The zero-order valence-corrected chi connectivity index (χ0v) is 17.3. The number of hydrogen-bond donors (Lipinski definition) is 5. The summed E-state index contributed by atoms with van der Waals surface area (Å²) in [5.41, 5.74) is 0. The van der Waals surface area contributed by atoms with Gasteiger partial charge < -0.3 is 26.0 Å². The summed E-state index contributed by atoms with van der Waals surface area (Å²) in [6.07, 6.45) is -0.855. The Morgan fingerprint density at radius 1 is 1.29 bits per heavy atom. The van der Waals surface area contributed by atoms with Gasteiger partial charge in [0.1, 0.15) is 12.1 Å². The molecule has 15 nitrogen and oxygen atoms in total. The van der Waals surface area contributed by atoms with Gasteiger partial charge in [-0.25, -0.2) is 14.5 Å². The molecule has 0 bridgehead atoms. The van der Waals surface area contributed by atoms with E-state index >= 15 is 0 Å². The minimum atomic E-state index is -1.37. The zero-order valence-electron chi connectivity index (χ0n) is 17.3. The quantitative estimate of drug-likeness (QED) is 0.285. The molecule has 1 saturated heterocycles. The number of likely N-dealkylation sites (N-methyl/N-ethyl adjacent to an activating group) is 1. The van der Waals surface area contributed by atoms with Crippen molar-refractivity contribution in [2.45, 2.75) is 38.9 Å². The monoisotopic (exact) mass is 439 g/mol. The fraction of sp³-hybridized carbons (Fsp3) is 0.625. The molecule has 3 atom stereocenters. The summed E-state index contributed by atoms with van der Waals surface area (Å²) < 4.78 is 0. The lowest BCUT2D eigenvalue weighted by Crippen LogP contribution is -2.54. The Kier molecular flexibility index (Phi) is 7.81. The highest BCUT2D eigenvalue weighted by Gasteiger charge is 2.43. The number of urea groups is 1. The number of carboxylic acid groups (broad SMARTS) is 1. The van der Waals surface area contributed by atoms with Gasteiger partial charge in [0.2, 0.25) is 11.8 Å². The Hall–Kier alpha value is -3.78. The van der Waals surface area contributed by atoms with E-state index in [0.29, 0.717) is 6.42 Å². The average molecular weight is 439 g/mol. The number of carbonyl (C=O) groups is 5. The summed E-state index contributed by atoms with van der Waals surface area (Å²) in [6, 6.07) is -2.88. The van der Waals surface area contributed by atoms with Gasteiger partial charge >= 0.3 is 12.1 Å². The third kappa shape index (κ3) is 5.86. The van der Waals surface area contributed by atoms with Crippen molar-refractivity contribution in [1.82, 2.24) is 46.4 Å². The van der Waals surface area contributed by atoms with E-state index in [1.165, 1.54) is 11.9 Å². The van der Waals surface area contributed by atoms with Crippen LogP contribution >= 0.6 is 0 Å². The predicted octanol–water partition coefficient (Wildman–Crippen LogP) is -2.12. The summed E-state index contributed by atoms with van der Waals surface area (Å²) in [5, 5.41) is 28.9. The van der Waals surface area contributed by atoms with E-state index in [-0.39, 0.29) is 24.8 Å². The molecule has 0 saturated carbocycles. The van der Waals surface area contributed by atoms with Crippen LogP contribution in [0.25, 0.3) is 0 Å². The standard InChI is InChI=1S/C16H25N9O6/c1-4-8(2)12(19-15(29)30)14(28)18-6-11(26)25-9(7-24(3)16(25)31)13(27)17-5-10-20-22-23-21-10/h8-9,12,19H,4-7H2,1-3H3,(H,17,27)(H,18,28)(H,29,30)(H,20,21,22,23)/t8?,9-,12?/m0/s1. The van der Waals surface area contributed by atoms with Crippen molar-refractivity contribution >= 4 is 29.8 Å². The number of nitrogens with one attached hydrogen (secondary N) is 4. The number of hydrogen-bond acceptors (Lipinski definition) is 8. The van der Waals surface area contributed by atoms with Crippen LogP contribution in [0.1, 0.15) is 26.1 Å². The molecular formula is C16H25N9O6. The van der Waals surface area contributed by atoms with Crippen molar-refractivity contribution in [2.24, 2.45) is 5.92 Å². The topological polar surface area (TPSA) is 203 Å². The average Bonchev–Trinajstić information content (AvgIpc) is 3.35. The summed E-state index contributed by atoms with van der Waals surface area (Å²) in [4.78, 5) is 62.8. The van der Waals surface area contributed by atoms with Crippen molar-refractivity contribution < 1.29 is 29.1 Å². The number of aromatic amines is 1. The van der Waals surface area contributed by atoms with Crippen LogP contribution in [0.5, 0.6) is 0 Å². The fourth-order valence-electron chi connectivity index (χ4n) is 2.95. The molecule has 0 aliphatic carbocycles. The molecule has 31 heavy (non-hydrogen) atoms. The molecular weight excluding hydrogens is 414 g/mol. The second-order valence-electron chi connectivity index (χ2n) is 7.02. The van der Waals surface area contributed by atoms with E-state index in [2.05, 4.69) is 36.6 Å². The molecule has 170 valence electrons. The molecule has 0 aromatic carbocycles. The van der Waals surface area contributed by atoms with E-state index in [0.717, 1.165) is 4.90 Å². The molecule has 1 aromatic rings. The first-order valence-electron chi connectivity index (χ1n) is 9.50. The van der Waals surface area contributed by atoms with Crippen LogP contribution in [0.15, 0.2) is 0 Å². The zero-order chi connectivity index (χ0) is 23.1. The molecule has 1 fully saturated rings. The largest absolute Gasteiger partial charge is 0.465 e. The number of amides is 6. The van der Waals surface area contributed by atoms with Gasteiger partial charge in [0.25, 0.3) is 5.91 Å². The molecule has 15 heteroatoms. The molecule has 6 amide bonds. The van der Waals surface area contributed by atoms with Crippen LogP contribution in [-0.2, 0) is 20.9 Å². The van der Waals surface area contributed by atoms with Gasteiger partial charge in [-0.1, -0.05) is 25.5 Å². The van der Waals surface area contributed by atoms with Gasteiger partial charge in [-0.2, -0.15) is 5.21 Å². The van der Waals surface area contributed by atoms with E-state index in [1.807, 2.05) is 0 Å².